The van der Waals surface area contributed by atoms with Crippen molar-refractivity contribution in [2.24, 2.45) is 17.3 Å². The van der Waals surface area contributed by atoms with Crippen LogP contribution in [0.15, 0.2) is 36.2 Å². The van der Waals surface area contributed by atoms with E-state index in [9.17, 15) is 18.0 Å². The zero-order valence-electron chi connectivity index (χ0n) is 21.4. The third-order valence-corrected chi connectivity index (χ3v) is 7.54. The van der Waals surface area contributed by atoms with E-state index in [1.165, 1.54) is 18.0 Å². The van der Waals surface area contributed by atoms with Gasteiger partial charge in [0.1, 0.15) is 24.1 Å². The van der Waals surface area contributed by atoms with Crippen molar-refractivity contribution in [1.29, 1.82) is 0 Å². The van der Waals surface area contributed by atoms with E-state index in [1.54, 1.807) is 0 Å². The molecule has 0 saturated carbocycles. The zero-order valence-corrected chi connectivity index (χ0v) is 22.2. The Labute approximate surface area is 227 Å². The number of fused-ring (bicyclic) bond motifs is 1. The number of aromatic nitrogens is 2. The van der Waals surface area contributed by atoms with Gasteiger partial charge in [0, 0.05) is 13.1 Å². The summed E-state index contributed by atoms with van der Waals surface area (Å²) in [5.41, 5.74) is 1.62. The van der Waals surface area contributed by atoms with Crippen LogP contribution in [-0.4, -0.2) is 63.0 Å². The first-order valence-corrected chi connectivity index (χ1v) is 12.7. The van der Waals surface area contributed by atoms with Gasteiger partial charge in [0.05, 0.1) is 11.1 Å². The van der Waals surface area contributed by atoms with Gasteiger partial charge in [-0.2, -0.15) is 13.2 Å². The number of carbonyl (C=O) groups is 1. The Hall–Kier alpha value is -2.59. The maximum atomic E-state index is 13.7. The molecule has 3 heterocycles. The molecule has 0 aromatic carbocycles. The fourth-order valence-electron chi connectivity index (χ4n) is 5.25. The average Bonchev–Trinajstić information content (AvgIpc) is 2.81. The van der Waals surface area contributed by atoms with Gasteiger partial charge < -0.3 is 21.0 Å². The minimum Gasteiger partial charge on any atom is -0.412 e. The smallest absolute Gasteiger partial charge is 0.412 e. The van der Waals surface area contributed by atoms with E-state index in [4.69, 9.17) is 11.6 Å². The average molecular weight is 558 g/mol. The Morgan fingerprint density at radius 2 is 1.95 bits per heavy atom. The van der Waals surface area contributed by atoms with Gasteiger partial charge in [-0.15, -0.1) is 11.6 Å². The highest BCUT2D eigenvalue weighted by Crippen LogP contribution is 2.42. The van der Waals surface area contributed by atoms with Crippen molar-refractivity contribution >= 4 is 35.1 Å². The zero-order chi connectivity index (χ0) is 26.3. The fourth-order valence-corrected chi connectivity index (χ4v) is 5.41. The fraction of sp³-hybridized carbons (Fsp3) is 0.593. The van der Waals surface area contributed by atoms with Gasteiger partial charge in [-0.3, -0.25) is 4.79 Å². The first-order valence-electron chi connectivity index (χ1n) is 12.3. The van der Waals surface area contributed by atoms with Crippen LogP contribution in [0.5, 0.6) is 0 Å². The lowest BCUT2D eigenvalue weighted by molar-refractivity contribution is -0.137. The molecule has 3 aliphatic rings. The van der Waals surface area contributed by atoms with Gasteiger partial charge in [0.25, 0.3) is 0 Å². The standard InChI is InChI=1S/C26H33ClF3N5O.CH4.H2O/c1-15(2)21(34-23-22-19(31-14-32-23)9-10-20(33-22)26(28,29)30)24(36)35-12-11-18(25(3,4)13-35)16-5-7-17(27)8-6-16;;/h5-7,9-10,14-15,17-18,20-21,33H,8,11-13H2,1-4H3,(H,31,32,34);1H4;1H2/t17?,18?,20?,21-;;/m1../s1. The first-order chi connectivity index (χ1) is 16.9. The molecule has 38 heavy (non-hydrogen) atoms. The lowest BCUT2D eigenvalue weighted by atomic mass is 9.69. The van der Waals surface area contributed by atoms with E-state index in [-0.39, 0.29) is 47.0 Å². The summed E-state index contributed by atoms with van der Waals surface area (Å²) in [4.78, 5) is 23.8. The van der Waals surface area contributed by atoms with Crippen LogP contribution < -0.4 is 10.6 Å². The van der Waals surface area contributed by atoms with Crippen LogP contribution in [0.2, 0.25) is 0 Å². The van der Waals surface area contributed by atoms with Crippen molar-refractivity contribution in [2.45, 2.75) is 71.6 Å². The SMILES string of the molecule is C.CC(C)[C@@H](Nc1ncnc2c1NC(C(F)(F)F)C=C2)C(=O)N1CCC(C2=CCC(Cl)C=C2)C(C)(C)C1.O. The molecule has 1 fully saturated rings. The molecule has 0 radical (unpaired) electrons. The predicted octanol–water partition coefficient (Wildman–Crippen LogP) is 5.46. The summed E-state index contributed by atoms with van der Waals surface area (Å²) in [5, 5.41) is 5.65. The quantitative estimate of drug-likeness (QED) is 0.468. The predicted molar refractivity (Wildman–Crippen MR) is 147 cm³/mol. The summed E-state index contributed by atoms with van der Waals surface area (Å²) in [6.07, 6.45) is 7.16. The molecule has 3 unspecified atom stereocenters. The lowest BCUT2D eigenvalue weighted by Gasteiger charge is -2.46. The van der Waals surface area contributed by atoms with Crippen LogP contribution in [-0.2, 0) is 4.79 Å². The minimum atomic E-state index is -4.46. The highest BCUT2D eigenvalue weighted by atomic mass is 35.5. The van der Waals surface area contributed by atoms with E-state index < -0.39 is 18.3 Å². The Bertz CT molecular complexity index is 1090. The molecule has 4 rings (SSSR count). The molecule has 2 aliphatic heterocycles. The monoisotopic (exact) mass is 557 g/mol. The largest absolute Gasteiger partial charge is 0.412 e. The number of carbonyl (C=O) groups excluding carboxylic acids is 1. The van der Waals surface area contributed by atoms with Gasteiger partial charge in [0.2, 0.25) is 5.91 Å². The van der Waals surface area contributed by atoms with Crippen LogP contribution in [0.4, 0.5) is 24.7 Å². The number of allylic oxidation sites excluding steroid dienone is 4. The number of likely N-dealkylation sites (tertiary alicyclic amines) is 1. The van der Waals surface area contributed by atoms with Crippen molar-refractivity contribution in [1.82, 2.24) is 14.9 Å². The van der Waals surface area contributed by atoms with E-state index in [0.717, 1.165) is 18.9 Å². The van der Waals surface area contributed by atoms with Crippen LogP contribution in [0.1, 0.15) is 53.7 Å². The summed E-state index contributed by atoms with van der Waals surface area (Å²) in [6.45, 7) is 9.35. The maximum Gasteiger partial charge on any atom is 0.412 e. The number of nitrogens with zero attached hydrogens (tertiary/aromatic N) is 3. The second-order valence-electron chi connectivity index (χ2n) is 10.8. The van der Waals surface area contributed by atoms with E-state index in [1.807, 2.05) is 24.8 Å². The third kappa shape index (κ3) is 6.69. The topological polar surface area (TPSA) is 102 Å². The normalized spacial score (nSPS) is 24.8. The molecule has 1 saturated heterocycles. The molecule has 4 N–H and O–H groups in total. The Morgan fingerprint density at radius 3 is 2.53 bits per heavy atom. The second-order valence-corrected chi connectivity index (χ2v) is 11.3. The highest BCUT2D eigenvalue weighted by molar-refractivity contribution is 6.22. The van der Waals surface area contributed by atoms with E-state index in [2.05, 4.69) is 46.6 Å². The summed E-state index contributed by atoms with van der Waals surface area (Å²) < 4.78 is 40.0. The number of rotatable bonds is 5. The highest BCUT2D eigenvalue weighted by Gasteiger charge is 2.42. The molecule has 7 nitrogen and oxygen atoms in total. The van der Waals surface area contributed by atoms with Crippen LogP contribution in [0, 0.1) is 17.3 Å². The number of halogens is 4. The van der Waals surface area contributed by atoms with Gasteiger partial charge in [0.15, 0.2) is 5.82 Å². The van der Waals surface area contributed by atoms with Gasteiger partial charge >= 0.3 is 6.18 Å². The van der Waals surface area contributed by atoms with Crippen molar-refractivity contribution < 1.29 is 23.4 Å². The van der Waals surface area contributed by atoms with Crippen LogP contribution in [0.3, 0.4) is 0 Å². The number of hydrogen-bond acceptors (Lipinski definition) is 5. The molecule has 212 valence electrons. The Kier molecular flexibility index (Phi) is 10.0. The number of anilines is 2. The second kappa shape index (κ2) is 12.1. The van der Waals surface area contributed by atoms with E-state index in [0.29, 0.717) is 24.7 Å². The van der Waals surface area contributed by atoms with Crippen LogP contribution in [0.25, 0.3) is 6.08 Å². The van der Waals surface area contributed by atoms with Crippen molar-refractivity contribution in [2.75, 3.05) is 23.7 Å². The molecule has 1 amide bonds. The Balaban J connectivity index is 0.00000253. The number of piperidine rings is 1. The summed E-state index contributed by atoms with van der Waals surface area (Å²) in [6, 6.07) is -2.50. The first kappa shape index (κ1) is 31.6. The van der Waals surface area contributed by atoms with Crippen molar-refractivity contribution in [3.05, 3.63) is 41.9 Å². The number of hydrogen-bond donors (Lipinski definition) is 2. The molecule has 4 atom stereocenters. The molecule has 11 heteroatoms. The molecule has 1 aromatic heterocycles. The molecule has 1 aliphatic carbocycles. The molecular weight excluding hydrogens is 519 g/mol. The van der Waals surface area contributed by atoms with Crippen molar-refractivity contribution in [3.8, 4) is 0 Å². The van der Waals surface area contributed by atoms with Crippen LogP contribution >= 0.6 is 11.6 Å². The van der Waals surface area contributed by atoms with E-state index >= 15 is 0 Å². The summed E-state index contributed by atoms with van der Waals surface area (Å²) in [5.74, 6) is 0.298. The van der Waals surface area contributed by atoms with Crippen molar-refractivity contribution in [3.63, 3.8) is 0 Å². The number of alkyl halides is 4. The Morgan fingerprint density at radius 1 is 1.24 bits per heavy atom. The van der Waals surface area contributed by atoms with Gasteiger partial charge in [-0.25, -0.2) is 9.97 Å². The summed E-state index contributed by atoms with van der Waals surface area (Å²) >= 11 is 6.20. The third-order valence-electron chi connectivity index (χ3n) is 7.22. The molecular formula is C27H39ClF3N5O2. The summed E-state index contributed by atoms with van der Waals surface area (Å²) in [7, 11) is 0. The number of nitrogens with one attached hydrogen (secondary N) is 2. The lowest BCUT2D eigenvalue weighted by Crippen LogP contribution is -2.54. The maximum absolute atomic E-state index is 13.7. The van der Waals surface area contributed by atoms with Gasteiger partial charge in [-0.1, -0.05) is 59.4 Å². The molecule has 1 aromatic rings. The molecule has 0 bridgehead atoms. The minimum absolute atomic E-state index is 0. The number of amides is 1. The molecule has 0 spiro atoms. The van der Waals surface area contributed by atoms with Gasteiger partial charge in [-0.05, 0) is 41.7 Å².